The Labute approximate surface area is 125 Å². The topological polar surface area (TPSA) is 13.1 Å². The molecule has 20 heavy (non-hydrogen) atoms. The summed E-state index contributed by atoms with van der Waals surface area (Å²) in [5.41, 5.74) is 4.48. The summed E-state index contributed by atoms with van der Waals surface area (Å²) in [6.45, 7) is 4.14. The van der Waals surface area contributed by atoms with E-state index in [0.717, 1.165) is 29.0 Å². The van der Waals surface area contributed by atoms with Gasteiger partial charge in [-0.15, -0.1) is 0 Å². The molecule has 0 bridgehead atoms. The monoisotopic (exact) mass is 271 g/mol. The molecule has 0 N–H and O–H groups in total. The first-order chi connectivity index (χ1) is 10.6. The number of nitrogens with zero attached hydrogens (tertiary/aromatic N) is 1. The highest BCUT2D eigenvalue weighted by atomic mass is 16.5. The predicted molar refractivity (Wildman–Crippen MR) is 80.9 cm³/mol. The van der Waals surface area contributed by atoms with Crippen molar-refractivity contribution in [3.63, 3.8) is 0 Å². The van der Waals surface area contributed by atoms with E-state index >= 15 is 0 Å². The molecule has 0 radical (unpaired) electrons. The zero-order valence-electron chi connectivity index (χ0n) is 15.4. The van der Waals surface area contributed by atoms with Crippen LogP contribution in [0.4, 0.5) is 0 Å². The summed E-state index contributed by atoms with van der Waals surface area (Å²) in [5, 5.41) is 0. The Hall–Kier alpha value is -1.83. The SMILES string of the molecule is [2H]C([2H])([2H])c1ccc(-c2c(C)ccc3c2OC(C)(C)C3)[n+](C)c1. The van der Waals surface area contributed by atoms with Crippen LogP contribution in [0.5, 0.6) is 5.75 Å². The Morgan fingerprint density at radius 1 is 1.25 bits per heavy atom. The molecule has 1 aromatic carbocycles. The van der Waals surface area contributed by atoms with Crippen LogP contribution in [0.1, 0.15) is 34.7 Å². The fourth-order valence-corrected chi connectivity index (χ4v) is 2.94. The predicted octanol–water partition coefficient (Wildman–Crippen LogP) is 3.51. The van der Waals surface area contributed by atoms with Crippen LogP contribution < -0.4 is 9.30 Å². The molecule has 0 aliphatic carbocycles. The van der Waals surface area contributed by atoms with Gasteiger partial charge >= 0.3 is 0 Å². The second-order valence-electron chi connectivity index (χ2n) is 6.20. The first-order valence-electron chi connectivity index (χ1n) is 8.40. The molecular weight excluding hydrogens is 246 g/mol. The molecule has 0 amide bonds. The normalized spacial score (nSPS) is 18.7. The zero-order valence-corrected chi connectivity index (χ0v) is 12.4. The third-order valence-corrected chi connectivity index (χ3v) is 3.83. The van der Waals surface area contributed by atoms with E-state index in [-0.39, 0.29) is 5.60 Å². The molecule has 0 atom stereocenters. The van der Waals surface area contributed by atoms with Gasteiger partial charge in [0, 0.05) is 22.2 Å². The average Bonchev–Trinajstić information content (AvgIpc) is 2.73. The van der Waals surface area contributed by atoms with E-state index in [1.807, 2.05) is 17.7 Å². The van der Waals surface area contributed by atoms with E-state index in [4.69, 9.17) is 8.85 Å². The number of aromatic nitrogens is 1. The van der Waals surface area contributed by atoms with E-state index in [2.05, 4.69) is 32.9 Å². The molecule has 1 aliphatic heterocycles. The molecule has 2 heteroatoms. The summed E-state index contributed by atoms with van der Waals surface area (Å²) >= 11 is 0. The Morgan fingerprint density at radius 2 is 2.05 bits per heavy atom. The van der Waals surface area contributed by atoms with Crippen molar-refractivity contribution in [2.75, 3.05) is 0 Å². The second kappa shape index (κ2) is 4.34. The summed E-state index contributed by atoms with van der Waals surface area (Å²) in [4.78, 5) is 0. The van der Waals surface area contributed by atoms with Crippen LogP contribution in [0, 0.1) is 13.8 Å². The second-order valence-corrected chi connectivity index (χ2v) is 6.20. The van der Waals surface area contributed by atoms with Crippen LogP contribution in [0.15, 0.2) is 30.5 Å². The molecule has 104 valence electrons. The summed E-state index contributed by atoms with van der Waals surface area (Å²) in [6.07, 6.45) is 2.56. The van der Waals surface area contributed by atoms with Gasteiger partial charge in [0.05, 0.1) is 5.56 Å². The van der Waals surface area contributed by atoms with Gasteiger partial charge in [-0.1, -0.05) is 12.1 Å². The standard InChI is InChI=1S/C18H22NO/c1-12-6-9-15(19(5)11-12)16-13(2)7-8-14-10-18(3,4)20-17(14)16/h6-9,11H,10H2,1-5H3/q+1/i1D3. The molecule has 0 fully saturated rings. The van der Waals surface area contributed by atoms with Crippen molar-refractivity contribution in [3.05, 3.63) is 47.2 Å². The molecule has 2 nitrogen and oxygen atoms in total. The van der Waals surface area contributed by atoms with Crippen LogP contribution in [-0.4, -0.2) is 5.60 Å². The van der Waals surface area contributed by atoms with Gasteiger partial charge in [-0.25, -0.2) is 4.57 Å². The molecule has 1 aromatic heterocycles. The summed E-state index contributed by atoms with van der Waals surface area (Å²) in [7, 11) is 1.88. The maximum atomic E-state index is 7.56. The first-order valence-corrected chi connectivity index (χ1v) is 6.90. The summed E-state index contributed by atoms with van der Waals surface area (Å²) in [6, 6.07) is 7.79. The smallest absolute Gasteiger partial charge is 0.216 e. The number of ether oxygens (including phenoxy) is 1. The van der Waals surface area contributed by atoms with E-state index in [1.54, 1.807) is 12.3 Å². The molecular formula is C18H22NO+. The van der Waals surface area contributed by atoms with Crippen LogP contribution in [0.2, 0.25) is 0 Å². The van der Waals surface area contributed by atoms with Crippen LogP contribution in [0.3, 0.4) is 0 Å². The van der Waals surface area contributed by atoms with Crippen molar-refractivity contribution in [3.8, 4) is 17.0 Å². The van der Waals surface area contributed by atoms with Crippen LogP contribution >= 0.6 is 0 Å². The van der Waals surface area contributed by atoms with Gasteiger partial charge in [0.15, 0.2) is 6.20 Å². The highest BCUT2D eigenvalue weighted by Gasteiger charge is 2.34. The molecule has 2 aromatic rings. The van der Waals surface area contributed by atoms with E-state index < -0.39 is 6.85 Å². The highest BCUT2D eigenvalue weighted by molar-refractivity contribution is 5.72. The zero-order chi connectivity index (χ0) is 17.0. The minimum Gasteiger partial charge on any atom is -0.486 e. The number of aryl methyl sites for hydroxylation is 3. The lowest BCUT2D eigenvalue weighted by Crippen LogP contribution is -2.31. The molecule has 2 heterocycles. The van der Waals surface area contributed by atoms with Crippen molar-refractivity contribution >= 4 is 0 Å². The van der Waals surface area contributed by atoms with Gasteiger partial charge < -0.3 is 4.74 Å². The molecule has 0 saturated carbocycles. The van der Waals surface area contributed by atoms with Gasteiger partial charge in [0.2, 0.25) is 5.69 Å². The molecule has 1 aliphatic rings. The minimum atomic E-state index is -2.09. The Kier molecular flexibility index (Phi) is 2.16. The average molecular weight is 271 g/mol. The van der Waals surface area contributed by atoms with Crippen molar-refractivity contribution in [2.45, 2.75) is 39.6 Å². The summed E-state index contributed by atoms with van der Waals surface area (Å²) in [5.74, 6) is 0.923. The number of hydrogen-bond acceptors (Lipinski definition) is 1. The van der Waals surface area contributed by atoms with Gasteiger partial charge in [-0.3, -0.25) is 0 Å². The third kappa shape index (κ3) is 2.09. The van der Waals surface area contributed by atoms with Gasteiger partial charge in [0.25, 0.3) is 0 Å². The van der Waals surface area contributed by atoms with Crippen molar-refractivity contribution < 1.29 is 13.4 Å². The fourth-order valence-electron chi connectivity index (χ4n) is 2.94. The largest absolute Gasteiger partial charge is 0.486 e. The van der Waals surface area contributed by atoms with Crippen LogP contribution in [0.25, 0.3) is 11.3 Å². The number of pyridine rings is 1. The summed E-state index contributed by atoms with van der Waals surface area (Å²) < 4.78 is 30.7. The van der Waals surface area contributed by atoms with Crippen molar-refractivity contribution in [1.82, 2.24) is 0 Å². The van der Waals surface area contributed by atoms with E-state index in [9.17, 15) is 0 Å². The quantitative estimate of drug-likeness (QED) is 0.723. The Bertz CT molecular complexity index is 779. The highest BCUT2D eigenvalue weighted by Crippen LogP contribution is 2.43. The van der Waals surface area contributed by atoms with E-state index in [1.165, 1.54) is 5.56 Å². The number of benzene rings is 1. The molecule has 0 unspecified atom stereocenters. The number of fused-ring (bicyclic) bond motifs is 1. The van der Waals surface area contributed by atoms with Gasteiger partial charge in [0.1, 0.15) is 18.4 Å². The number of hydrogen-bond donors (Lipinski definition) is 0. The minimum absolute atomic E-state index is 0.206. The maximum Gasteiger partial charge on any atom is 0.216 e. The fraction of sp³-hybridized carbons (Fsp3) is 0.389. The third-order valence-electron chi connectivity index (χ3n) is 3.83. The lowest BCUT2D eigenvalue weighted by atomic mass is 9.96. The Morgan fingerprint density at radius 3 is 2.75 bits per heavy atom. The first kappa shape index (κ1) is 9.98. The molecule has 0 spiro atoms. The van der Waals surface area contributed by atoms with Crippen LogP contribution in [-0.2, 0) is 13.5 Å². The Balaban J connectivity index is 2.16. The molecule has 0 saturated heterocycles. The molecule has 3 rings (SSSR count). The van der Waals surface area contributed by atoms with Gasteiger partial charge in [-0.2, -0.15) is 0 Å². The van der Waals surface area contributed by atoms with E-state index in [0.29, 0.717) is 5.56 Å². The lowest BCUT2D eigenvalue weighted by molar-refractivity contribution is -0.660. The van der Waals surface area contributed by atoms with Crippen molar-refractivity contribution in [2.24, 2.45) is 7.05 Å². The number of rotatable bonds is 1. The van der Waals surface area contributed by atoms with Gasteiger partial charge in [-0.05, 0) is 44.8 Å². The van der Waals surface area contributed by atoms with Crippen molar-refractivity contribution in [1.29, 1.82) is 0 Å². The maximum absolute atomic E-state index is 7.56. The lowest BCUT2D eigenvalue weighted by Gasteiger charge is -2.18.